The number of ether oxygens (including phenoxy) is 1. The number of hydrogen-bond acceptors (Lipinski definition) is 3. The lowest BCUT2D eigenvalue weighted by Crippen LogP contribution is -2.45. The van der Waals surface area contributed by atoms with Crippen molar-refractivity contribution in [3.8, 4) is 0 Å². The van der Waals surface area contributed by atoms with E-state index in [0.29, 0.717) is 0 Å². The molecule has 1 aromatic rings. The van der Waals surface area contributed by atoms with Gasteiger partial charge in [-0.15, -0.1) is 0 Å². The number of carbonyl (C=O) groups is 1. The Morgan fingerprint density at radius 1 is 1.14 bits per heavy atom. The predicted molar refractivity (Wildman–Crippen MR) is 86.0 cm³/mol. The largest absolute Gasteiger partial charge is 0.469 e. The molecule has 4 nitrogen and oxygen atoms in total. The van der Waals surface area contributed by atoms with Gasteiger partial charge >= 0.3 is 5.97 Å². The first-order chi connectivity index (χ1) is 9.60. The maximum atomic E-state index is 12.5. The molecule has 5 heteroatoms. The quantitative estimate of drug-likeness (QED) is 0.851. The van der Waals surface area contributed by atoms with E-state index in [1.807, 2.05) is 51.1 Å². The molecule has 0 spiro atoms. The van der Waals surface area contributed by atoms with Crippen LogP contribution in [0.5, 0.6) is 0 Å². The van der Waals surface area contributed by atoms with E-state index in [9.17, 15) is 9.00 Å². The Kier molecular flexibility index (Phi) is 5.70. The van der Waals surface area contributed by atoms with Gasteiger partial charge in [0.25, 0.3) is 0 Å². The van der Waals surface area contributed by atoms with Gasteiger partial charge in [-0.05, 0) is 40.2 Å². The van der Waals surface area contributed by atoms with Gasteiger partial charge in [0.1, 0.15) is 0 Å². The Bertz CT molecular complexity index is 506. The zero-order valence-corrected chi connectivity index (χ0v) is 14.4. The van der Waals surface area contributed by atoms with E-state index >= 15 is 0 Å². The van der Waals surface area contributed by atoms with Crippen molar-refractivity contribution in [2.24, 2.45) is 5.41 Å². The molecule has 0 unspecified atom stereocenters. The SMILES string of the molecule is COC(=O)C(C)(C)[C@H](N[S@](=O)C(C)(C)C)c1ccccc1. The first kappa shape index (κ1) is 17.9. The zero-order chi connectivity index (χ0) is 16.3. The van der Waals surface area contributed by atoms with E-state index in [-0.39, 0.29) is 5.97 Å². The molecule has 0 radical (unpaired) electrons. The van der Waals surface area contributed by atoms with Gasteiger partial charge in [-0.3, -0.25) is 4.79 Å². The van der Waals surface area contributed by atoms with Gasteiger partial charge < -0.3 is 4.74 Å². The molecule has 0 aliphatic carbocycles. The first-order valence-corrected chi connectivity index (χ1v) is 8.07. The highest BCUT2D eigenvalue weighted by molar-refractivity contribution is 7.84. The van der Waals surface area contributed by atoms with Crippen LogP contribution in [0.3, 0.4) is 0 Å². The summed E-state index contributed by atoms with van der Waals surface area (Å²) in [5.41, 5.74) is 0.0716. The van der Waals surface area contributed by atoms with Crippen LogP contribution in [0.1, 0.15) is 46.2 Å². The van der Waals surface area contributed by atoms with Crippen LogP contribution in [0.25, 0.3) is 0 Å². The maximum absolute atomic E-state index is 12.5. The third-order valence-electron chi connectivity index (χ3n) is 3.35. The molecule has 118 valence electrons. The number of nitrogens with one attached hydrogen (secondary N) is 1. The monoisotopic (exact) mass is 311 g/mol. The lowest BCUT2D eigenvalue weighted by Gasteiger charge is -2.34. The van der Waals surface area contributed by atoms with Gasteiger partial charge in [0.15, 0.2) is 0 Å². The van der Waals surface area contributed by atoms with Gasteiger partial charge in [-0.25, -0.2) is 8.93 Å². The highest BCUT2D eigenvalue weighted by atomic mass is 32.2. The fourth-order valence-electron chi connectivity index (χ4n) is 1.94. The molecule has 0 fully saturated rings. The lowest BCUT2D eigenvalue weighted by atomic mass is 9.81. The number of esters is 1. The molecule has 2 atom stereocenters. The average Bonchev–Trinajstić information content (AvgIpc) is 2.43. The van der Waals surface area contributed by atoms with E-state index in [1.165, 1.54) is 7.11 Å². The Labute approximate surface area is 129 Å². The summed E-state index contributed by atoms with van der Waals surface area (Å²) in [6, 6.07) is 9.15. The van der Waals surface area contributed by atoms with E-state index in [0.717, 1.165) is 5.56 Å². The molecule has 0 saturated heterocycles. The van der Waals surface area contributed by atoms with Crippen LogP contribution in [0.4, 0.5) is 0 Å². The van der Waals surface area contributed by atoms with Crippen LogP contribution in [0.2, 0.25) is 0 Å². The highest BCUT2D eigenvalue weighted by Crippen LogP contribution is 2.35. The molecule has 1 aromatic carbocycles. The Morgan fingerprint density at radius 2 is 1.67 bits per heavy atom. The van der Waals surface area contributed by atoms with Gasteiger partial charge in [0.2, 0.25) is 0 Å². The van der Waals surface area contributed by atoms with Crippen molar-refractivity contribution in [3.05, 3.63) is 35.9 Å². The molecular formula is C16H25NO3S. The summed E-state index contributed by atoms with van der Waals surface area (Å²) in [4.78, 5) is 12.1. The average molecular weight is 311 g/mol. The number of methoxy groups -OCH3 is 1. The van der Waals surface area contributed by atoms with E-state index in [2.05, 4.69) is 4.72 Å². The van der Waals surface area contributed by atoms with Crippen LogP contribution in [0.15, 0.2) is 30.3 Å². The summed E-state index contributed by atoms with van der Waals surface area (Å²) in [6.07, 6.45) is 0. The van der Waals surface area contributed by atoms with Crippen molar-refractivity contribution in [2.45, 2.75) is 45.4 Å². The molecule has 0 heterocycles. The van der Waals surface area contributed by atoms with Crippen molar-refractivity contribution in [1.82, 2.24) is 4.72 Å². The summed E-state index contributed by atoms with van der Waals surface area (Å²) < 4.78 is 20.0. The van der Waals surface area contributed by atoms with Gasteiger partial charge in [0, 0.05) is 0 Å². The van der Waals surface area contributed by atoms with Crippen molar-refractivity contribution in [3.63, 3.8) is 0 Å². The predicted octanol–water partition coefficient (Wildman–Crippen LogP) is 2.98. The van der Waals surface area contributed by atoms with Crippen LogP contribution < -0.4 is 4.72 Å². The van der Waals surface area contributed by atoms with Gasteiger partial charge in [-0.1, -0.05) is 30.3 Å². The standard InChI is InChI=1S/C16H25NO3S/c1-15(2,3)21(19)17-13(12-10-8-7-9-11-12)16(4,5)14(18)20-6/h7-11,13,17H,1-6H3/t13-,21-/m1/s1. The zero-order valence-electron chi connectivity index (χ0n) is 13.6. The van der Waals surface area contributed by atoms with Crippen LogP contribution in [-0.2, 0) is 20.5 Å². The van der Waals surface area contributed by atoms with Gasteiger partial charge in [-0.2, -0.15) is 0 Å². The minimum absolute atomic E-state index is 0.338. The summed E-state index contributed by atoms with van der Waals surface area (Å²) in [5.74, 6) is -0.338. The van der Waals surface area contributed by atoms with E-state index in [4.69, 9.17) is 4.74 Å². The molecule has 1 rings (SSSR count). The van der Waals surface area contributed by atoms with Crippen molar-refractivity contribution >= 4 is 17.0 Å². The van der Waals surface area contributed by atoms with Crippen molar-refractivity contribution in [1.29, 1.82) is 0 Å². The van der Waals surface area contributed by atoms with Crippen LogP contribution in [0, 0.1) is 5.41 Å². The third-order valence-corrected chi connectivity index (χ3v) is 4.91. The number of carbonyl (C=O) groups excluding carboxylic acids is 1. The number of benzene rings is 1. The summed E-state index contributed by atoms with van der Waals surface area (Å²) in [7, 11) is 0.0772. The third kappa shape index (κ3) is 4.38. The fraction of sp³-hybridized carbons (Fsp3) is 0.562. The van der Waals surface area contributed by atoms with Crippen LogP contribution >= 0.6 is 0 Å². The molecular weight excluding hydrogens is 286 g/mol. The smallest absolute Gasteiger partial charge is 0.313 e. The Morgan fingerprint density at radius 3 is 2.10 bits per heavy atom. The van der Waals surface area contributed by atoms with E-state index in [1.54, 1.807) is 13.8 Å². The lowest BCUT2D eigenvalue weighted by molar-refractivity contribution is -0.152. The fourth-order valence-corrected chi connectivity index (χ4v) is 2.94. The maximum Gasteiger partial charge on any atom is 0.313 e. The molecule has 21 heavy (non-hydrogen) atoms. The normalized spacial score (nSPS) is 15.3. The highest BCUT2D eigenvalue weighted by Gasteiger charge is 2.40. The second kappa shape index (κ2) is 6.71. The Balaban J connectivity index is 3.19. The number of hydrogen-bond donors (Lipinski definition) is 1. The first-order valence-electron chi connectivity index (χ1n) is 6.92. The molecule has 0 saturated carbocycles. The molecule has 0 bridgehead atoms. The summed E-state index contributed by atoms with van der Waals surface area (Å²) in [6.45, 7) is 9.27. The molecule has 0 amide bonds. The number of rotatable bonds is 5. The molecule has 0 aromatic heterocycles. The van der Waals surface area contributed by atoms with E-state index < -0.39 is 27.2 Å². The van der Waals surface area contributed by atoms with Gasteiger partial charge in [0.05, 0.1) is 34.3 Å². The molecule has 0 aliphatic heterocycles. The Hall–Kier alpha value is -1.20. The van der Waals surface area contributed by atoms with Crippen molar-refractivity contribution < 1.29 is 13.7 Å². The summed E-state index contributed by atoms with van der Waals surface area (Å²) >= 11 is 0. The topological polar surface area (TPSA) is 55.4 Å². The molecule has 1 N–H and O–H groups in total. The second-order valence-electron chi connectivity index (χ2n) is 6.56. The summed E-state index contributed by atoms with van der Waals surface area (Å²) in [5, 5.41) is 0. The van der Waals surface area contributed by atoms with Crippen LogP contribution in [-0.4, -0.2) is 22.0 Å². The van der Waals surface area contributed by atoms with Crippen molar-refractivity contribution in [2.75, 3.05) is 7.11 Å². The minimum atomic E-state index is -1.29. The minimum Gasteiger partial charge on any atom is -0.469 e. The second-order valence-corrected chi connectivity index (χ2v) is 8.55. The molecule has 0 aliphatic rings.